The van der Waals surface area contributed by atoms with E-state index in [1.165, 1.54) is 6.42 Å². The number of ketones is 2. The molecule has 168 valence electrons. The monoisotopic (exact) mass is 424 g/mol. The Morgan fingerprint density at radius 3 is 1.81 bits per heavy atom. The average molecular weight is 425 g/mol. The normalized spacial score (nSPS) is 16.8. The summed E-state index contributed by atoms with van der Waals surface area (Å²) in [6.07, 6.45) is 17.8. The van der Waals surface area contributed by atoms with Crippen LogP contribution in [-0.2, 0) is 14.4 Å². The summed E-state index contributed by atoms with van der Waals surface area (Å²) < 4.78 is 0. The van der Waals surface area contributed by atoms with E-state index in [0.29, 0.717) is 29.9 Å². The van der Waals surface area contributed by atoms with Crippen molar-refractivity contribution in [2.24, 2.45) is 11.3 Å². The summed E-state index contributed by atoms with van der Waals surface area (Å²) in [6.45, 7) is 7.88. The predicted molar refractivity (Wildman–Crippen MR) is 125 cm³/mol. The van der Waals surface area contributed by atoms with Gasteiger partial charge >= 0.3 is 5.97 Å². The Labute approximate surface area is 186 Å². The van der Waals surface area contributed by atoms with Gasteiger partial charge in [-0.2, -0.15) is 0 Å². The van der Waals surface area contributed by atoms with E-state index in [1.807, 2.05) is 18.2 Å². The molecule has 0 atom stereocenters. The molecular weight excluding hydrogens is 388 g/mol. The second kappa shape index (κ2) is 11.2. The molecule has 0 saturated heterocycles. The zero-order chi connectivity index (χ0) is 23.0. The van der Waals surface area contributed by atoms with Gasteiger partial charge < -0.3 is 5.11 Å². The van der Waals surface area contributed by atoms with E-state index in [2.05, 4.69) is 13.8 Å². The van der Waals surface area contributed by atoms with E-state index in [0.717, 1.165) is 43.3 Å². The molecule has 0 fully saturated rings. The van der Waals surface area contributed by atoms with Gasteiger partial charge in [0.15, 0.2) is 11.6 Å². The second-order valence-corrected chi connectivity index (χ2v) is 9.66. The fraction of sp³-hybridized carbons (Fsp3) is 0.519. The van der Waals surface area contributed by atoms with Crippen molar-refractivity contribution in [3.63, 3.8) is 0 Å². The quantitative estimate of drug-likeness (QED) is 0.352. The molecule has 1 N–H and O–H groups in total. The molecule has 0 radical (unpaired) electrons. The van der Waals surface area contributed by atoms with Crippen LogP contribution >= 0.6 is 0 Å². The Balaban J connectivity index is 1.74. The summed E-state index contributed by atoms with van der Waals surface area (Å²) in [5.41, 5.74) is 2.11. The van der Waals surface area contributed by atoms with E-state index in [9.17, 15) is 19.5 Å². The van der Waals surface area contributed by atoms with E-state index >= 15 is 0 Å². The molecule has 0 aromatic heterocycles. The molecule has 0 spiro atoms. The first-order valence-corrected chi connectivity index (χ1v) is 11.4. The van der Waals surface area contributed by atoms with Gasteiger partial charge in [-0.05, 0) is 51.9 Å². The van der Waals surface area contributed by atoms with Crippen LogP contribution in [0.25, 0.3) is 0 Å². The number of rotatable bonds is 13. The maximum atomic E-state index is 12.6. The molecule has 2 aliphatic rings. The zero-order valence-electron chi connectivity index (χ0n) is 19.4. The Bertz CT molecular complexity index is 860. The highest BCUT2D eigenvalue weighted by Crippen LogP contribution is 2.27. The second-order valence-electron chi connectivity index (χ2n) is 9.66. The number of hydrogen-bond donors (Lipinski definition) is 1. The van der Waals surface area contributed by atoms with Crippen molar-refractivity contribution in [3.05, 3.63) is 58.7 Å². The van der Waals surface area contributed by atoms with Gasteiger partial charge in [-0.1, -0.05) is 69.6 Å². The van der Waals surface area contributed by atoms with E-state index in [4.69, 9.17) is 0 Å². The molecule has 0 bridgehead atoms. The Morgan fingerprint density at radius 1 is 0.871 bits per heavy atom. The third-order valence-corrected chi connectivity index (χ3v) is 6.03. The van der Waals surface area contributed by atoms with Crippen LogP contribution in [0.4, 0.5) is 0 Å². The fourth-order valence-corrected chi connectivity index (χ4v) is 3.75. The van der Waals surface area contributed by atoms with Gasteiger partial charge in [-0.25, -0.2) is 0 Å². The van der Waals surface area contributed by atoms with E-state index < -0.39 is 11.4 Å². The van der Waals surface area contributed by atoms with Crippen LogP contribution in [0, 0.1) is 11.3 Å². The van der Waals surface area contributed by atoms with Gasteiger partial charge in [0, 0.05) is 22.3 Å². The summed E-state index contributed by atoms with van der Waals surface area (Å²) in [5.74, 6) is -0.0263. The van der Waals surface area contributed by atoms with Gasteiger partial charge in [0.1, 0.15) is 0 Å². The third kappa shape index (κ3) is 7.30. The molecule has 0 aliphatic heterocycles. The topological polar surface area (TPSA) is 71.4 Å². The number of hydrogen-bond acceptors (Lipinski definition) is 3. The zero-order valence-corrected chi connectivity index (χ0v) is 19.4. The lowest BCUT2D eigenvalue weighted by molar-refractivity contribution is -0.147. The SMILES string of the molecule is CC(C)CCCCC1=CC=C(/C=C\C2=CC=C(CCCCC(C)(C)C(=O)O)C2=O)C1=O. The largest absolute Gasteiger partial charge is 0.481 e. The smallest absolute Gasteiger partial charge is 0.309 e. The van der Waals surface area contributed by atoms with Crippen LogP contribution in [0.3, 0.4) is 0 Å². The molecule has 0 heterocycles. The molecule has 0 aromatic rings. The number of Topliss-reactive ketones (excluding diaryl/α,β-unsaturated/α-hetero) is 2. The van der Waals surface area contributed by atoms with Crippen LogP contribution in [0.15, 0.2) is 58.7 Å². The van der Waals surface area contributed by atoms with Crippen molar-refractivity contribution in [2.75, 3.05) is 0 Å². The van der Waals surface area contributed by atoms with Crippen molar-refractivity contribution in [2.45, 2.75) is 79.1 Å². The number of unbranched alkanes of at least 4 members (excludes halogenated alkanes) is 2. The molecule has 2 aliphatic carbocycles. The summed E-state index contributed by atoms with van der Waals surface area (Å²) in [4.78, 5) is 36.3. The molecule has 0 amide bonds. The highest BCUT2D eigenvalue weighted by atomic mass is 16.4. The Kier molecular flexibility index (Phi) is 8.97. The minimum Gasteiger partial charge on any atom is -0.481 e. The standard InChI is InChI=1S/C27H36O4/c1-19(2)9-5-6-10-20-12-14-22(24(20)28)16-17-23-15-13-21(25(23)29)11-7-8-18-27(3,4)26(30)31/h12-17,19H,5-11,18H2,1-4H3,(H,30,31)/b17-16-. The van der Waals surface area contributed by atoms with Gasteiger partial charge in [0.25, 0.3) is 0 Å². The van der Waals surface area contributed by atoms with Crippen LogP contribution < -0.4 is 0 Å². The van der Waals surface area contributed by atoms with Crippen molar-refractivity contribution >= 4 is 17.5 Å². The first kappa shape index (κ1) is 24.8. The van der Waals surface area contributed by atoms with Gasteiger partial charge in [-0.15, -0.1) is 0 Å². The van der Waals surface area contributed by atoms with E-state index in [1.54, 1.807) is 32.1 Å². The number of carbonyl (C=O) groups excluding carboxylic acids is 2. The average Bonchev–Trinajstić information content (AvgIpc) is 3.23. The number of aliphatic carboxylic acids is 1. The van der Waals surface area contributed by atoms with Gasteiger partial charge in [0.2, 0.25) is 0 Å². The Hall–Kier alpha value is -2.49. The predicted octanol–water partition coefficient (Wildman–Crippen LogP) is 6.30. The lowest BCUT2D eigenvalue weighted by Gasteiger charge is -2.18. The fourth-order valence-electron chi connectivity index (χ4n) is 3.75. The molecular formula is C27H36O4. The van der Waals surface area contributed by atoms with Crippen molar-refractivity contribution in [3.8, 4) is 0 Å². The lowest BCUT2D eigenvalue weighted by Crippen LogP contribution is -2.23. The lowest BCUT2D eigenvalue weighted by atomic mass is 9.86. The molecule has 0 aromatic carbocycles. The molecule has 31 heavy (non-hydrogen) atoms. The van der Waals surface area contributed by atoms with Crippen molar-refractivity contribution in [1.82, 2.24) is 0 Å². The van der Waals surface area contributed by atoms with Crippen LogP contribution in [0.1, 0.15) is 79.1 Å². The first-order valence-electron chi connectivity index (χ1n) is 11.4. The maximum absolute atomic E-state index is 12.6. The number of allylic oxidation sites excluding steroid dienone is 10. The number of carboxylic acids is 1. The van der Waals surface area contributed by atoms with Gasteiger partial charge in [0.05, 0.1) is 5.41 Å². The summed E-state index contributed by atoms with van der Waals surface area (Å²) in [5, 5.41) is 9.17. The first-order chi connectivity index (χ1) is 14.6. The highest BCUT2D eigenvalue weighted by molar-refractivity contribution is 6.15. The number of carboxylic acid groups (broad SMARTS) is 1. The van der Waals surface area contributed by atoms with Crippen LogP contribution in [0.5, 0.6) is 0 Å². The number of carbonyl (C=O) groups is 3. The van der Waals surface area contributed by atoms with Crippen molar-refractivity contribution < 1.29 is 19.5 Å². The maximum Gasteiger partial charge on any atom is 0.309 e. The molecule has 0 saturated carbocycles. The van der Waals surface area contributed by atoms with Crippen molar-refractivity contribution in [1.29, 1.82) is 0 Å². The molecule has 4 heteroatoms. The van der Waals surface area contributed by atoms with Crippen LogP contribution in [0.2, 0.25) is 0 Å². The third-order valence-electron chi connectivity index (χ3n) is 6.03. The molecule has 2 rings (SSSR count). The minimum absolute atomic E-state index is 0.00154. The van der Waals surface area contributed by atoms with Gasteiger partial charge in [-0.3, -0.25) is 14.4 Å². The summed E-state index contributed by atoms with van der Waals surface area (Å²) >= 11 is 0. The van der Waals surface area contributed by atoms with E-state index in [-0.39, 0.29) is 11.6 Å². The molecule has 0 unspecified atom stereocenters. The van der Waals surface area contributed by atoms with Crippen LogP contribution in [-0.4, -0.2) is 22.6 Å². The minimum atomic E-state index is -0.790. The Morgan fingerprint density at radius 2 is 1.35 bits per heavy atom. The molecule has 4 nitrogen and oxygen atoms in total. The highest BCUT2D eigenvalue weighted by Gasteiger charge is 2.26. The summed E-state index contributed by atoms with van der Waals surface area (Å²) in [6, 6.07) is 0. The summed E-state index contributed by atoms with van der Waals surface area (Å²) in [7, 11) is 0.